The Morgan fingerprint density at radius 3 is 2.82 bits per heavy atom. The molecular weight excluding hydrogens is 218 g/mol. The zero-order valence-electron chi connectivity index (χ0n) is 9.61. The van der Waals surface area contributed by atoms with Gasteiger partial charge in [-0.3, -0.25) is 0 Å². The maximum atomic E-state index is 11.3. The van der Waals surface area contributed by atoms with Gasteiger partial charge in [0.15, 0.2) is 0 Å². The third kappa shape index (κ3) is 2.00. The number of ether oxygens (including phenoxy) is 1. The van der Waals surface area contributed by atoms with Crippen LogP contribution in [-0.2, 0) is 6.42 Å². The Labute approximate surface area is 98.0 Å². The average Bonchev–Trinajstić information content (AvgIpc) is 2.27. The van der Waals surface area contributed by atoms with Crippen LogP contribution in [0.3, 0.4) is 0 Å². The molecule has 0 spiro atoms. The van der Waals surface area contributed by atoms with Gasteiger partial charge in [-0.25, -0.2) is 4.79 Å². The minimum absolute atomic E-state index is 0.254. The molecule has 0 aliphatic rings. The lowest BCUT2D eigenvalue weighted by Gasteiger charge is -2.08. The molecule has 0 saturated heterocycles. The van der Waals surface area contributed by atoms with Crippen LogP contribution in [0.2, 0.25) is 0 Å². The van der Waals surface area contributed by atoms with Crippen LogP contribution in [0.15, 0.2) is 27.4 Å². The summed E-state index contributed by atoms with van der Waals surface area (Å²) < 4.78 is 10.4. The summed E-state index contributed by atoms with van der Waals surface area (Å²) in [7, 11) is 1.55. The predicted molar refractivity (Wildman–Crippen MR) is 63.1 cm³/mol. The molecular formula is C13H11NO3. The molecule has 2 aromatic rings. The minimum atomic E-state index is -0.397. The molecule has 0 aliphatic heterocycles. The number of methoxy groups -OCH3 is 1. The van der Waals surface area contributed by atoms with Crippen molar-refractivity contribution >= 4 is 11.0 Å². The molecule has 0 atom stereocenters. The summed E-state index contributed by atoms with van der Waals surface area (Å²) in [6.45, 7) is 1.83. The molecule has 17 heavy (non-hydrogen) atoms. The Kier molecular flexibility index (Phi) is 2.84. The van der Waals surface area contributed by atoms with Gasteiger partial charge in [0, 0.05) is 6.07 Å². The van der Waals surface area contributed by atoms with Crippen molar-refractivity contribution in [3.05, 3.63) is 39.7 Å². The van der Waals surface area contributed by atoms with Crippen LogP contribution in [0.1, 0.15) is 11.1 Å². The zero-order chi connectivity index (χ0) is 12.4. The topological polar surface area (TPSA) is 63.2 Å². The van der Waals surface area contributed by atoms with Crippen molar-refractivity contribution in [1.29, 1.82) is 5.26 Å². The number of nitrogens with zero attached hydrogens (tertiary/aromatic N) is 1. The van der Waals surface area contributed by atoms with Gasteiger partial charge < -0.3 is 9.15 Å². The second-order valence-corrected chi connectivity index (χ2v) is 3.75. The van der Waals surface area contributed by atoms with Crippen LogP contribution in [0.25, 0.3) is 11.0 Å². The smallest absolute Gasteiger partial charge is 0.336 e. The second-order valence-electron chi connectivity index (χ2n) is 3.75. The Morgan fingerprint density at radius 2 is 2.18 bits per heavy atom. The number of aryl methyl sites for hydroxylation is 1. The van der Waals surface area contributed by atoms with E-state index in [4.69, 9.17) is 14.4 Å². The lowest BCUT2D eigenvalue weighted by molar-refractivity contribution is 0.418. The number of nitriles is 1. The zero-order valence-corrected chi connectivity index (χ0v) is 9.61. The van der Waals surface area contributed by atoms with Gasteiger partial charge in [0.2, 0.25) is 0 Å². The van der Waals surface area contributed by atoms with E-state index in [1.54, 1.807) is 19.2 Å². The van der Waals surface area contributed by atoms with Crippen molar-refractivity contribution in [3.63, 3.8) is 0 Å². The number of benzene rings is 1. The SMILES string of the molecule is COc1cc(CC#N)cc2oc(=O)cc(C)c12. The summed E-state index contributed by atoms with van der Waals surface area (Å²) >= 11 is 0. The van der Waals surface area contributed by atoms with Crippen LogP contribution in [0.5, 0.6) is 5.75 Å². The van der Waals surface area contributed by atoms with Gasteiger partial charge in [-0.15, -0.1) is 0 Å². The first-order valence-electron chi connectivity index (χ1n) is 5.14. The van der Waals surface area contributed by atoms with E-state index in [1.807, 2.05) is 6.92 Å². The summed E-state index contributed by atoms with van der Waals surface area (Å²) in [5, 5.41) is 9.45. The Morgan fingerprint density at radius 1 is 1.41 bits per heavy atom. The number of hydrogen-bond donors (Lipinski definition) is 0. The van der Waals surface area contributed by atoms with Gasteiger partial charge in [0.1, 0.15) is 11.3 Å². The Bertz CT molecular complexity index is 665. The molecule has 0 amide bonds. The van der Waals surface area contributed by atoms with Crippen LogP contribution >= 0.6 is 0 Å². The second kappa shape index (κ2) is 4.30. The van der Waals surface area contributed by atoms with Crippen molar-refractivity contribution in [2.24, 2.45) is 0 Å². The van der Waals surface area contributed by atoms with Crippen LogP contribution < -0.4 is 10.4 Å². The van der Waals surface area contributed by atoms with Crippen LogP contribution in [0, 0.1) is 18.3 Å². The lowest BCUT2D eigenvalue weighted by Crippen LogP contribution is -2.00. The first kappa shape index (κ1) is 11.2. The minimum Gasteiger partial charge on any atom is -0.496 e. The number of fused-ring (bicyclic) bond motifs is 1. The fourth-order valence-corrected chi connectivity index (χ4v) is 1.85. The van der Waals surface area contributed by atoms with E-state index in [1.165, 1.54) is 6.07 Å². The standard InChI is InChI=1S/C13H11NO3/c1-8-5-12(15)17-11-7-9(3-4-14)6-10(16-2)13(8)11/h5-7H,3H2,1-2H3. The fourth-order valence-electron chi connectivity index (χ4n) is 1.85. The first-order valence-corrected chi connectivity index (χ1v) is 5.14. The first-order chi connectivity index (χ1) is 8.15. The van der Waals surface area contributed by atoms with E-state index in [2.05, 4.69) is 6.07 Å². The van der Waals surface area contributed by atoms with Crippen molar-refractivity contribution in [2.45, 2.75) is 13.3 Å². The van der Waals surface area contributed by atoms with E-state index < -0.39 is 5.63 Å². The quantitative estimate of drug-likeness (QED) is 0.740. The average molecular weight is 229 g/mol. The maximum absolute atomic E-state index is 11.3. The van der Waals surface area contributed by atoms with E-state index in [9.17, 15) is 4.79 Å². The highest BCUT2D eigenvalue weighted by Gasteiger charge is 2.10. The van der Waals surface area contributed by atoms with Crippen molar-refractivity contribution in [3.8, 4) is 11.8 Å². The molecule has 0 N–H and O–H groups in total. The molecule has 0 saturated carbocycles. The van der Waals surface area contributed by atoms with Crippen molar-refractivity contribution < 1.29 is 9.15 Å². The highest BCUT2D eigenvalue weighted by molar-refractivity contribution is 5.87. The maximum Gasteiger partial charge on any atom is 0.336 e. The van der Waals surface area contributed by atoms with E-state index in [0.29, 0.717) is 11.3 Å². The van der Waals surface area contributed by atoms with Gasteiger partial charge in [-0.05, 0) is 30.2 Å². The highest BCUT2D eigenvalue weighted by Crippen LogP contribution is 2.29. The molecule has 1 heterocycles. The summed E-state index contributed by atoms with van der Waals surface area (Å²) in [6, 6.07) is 6.97. The summed E-state index contributed by atoms with van der Waals surface area (Å²) in [4.78, 5) is 11.3. The van der Waals surface area contributed by atoms with Gasteiger partial charge in [-0.2, -0.15) is 5.26 Å². The van der Waals surface area contributed by atoms with E-state index in [-0.39, 0.29) is 6.42 Å². The normalized spacial score (nSPS) is 10.2. The fraction of sp³-hybridized carbons (Fsp3) is 0.231. The van der Waals surface area contributed by atoms with Crippen LogP contribution in [-0.4, -0.2) is 7.11 Å². The molecule has 0 unspecified atom stereocenters. The third-order valence-electron chi connectivity index (χ3n) is 2.57. The van der Waals surface area contributed by atoms with Gasteiger partial charge in [-0.1, -0.05) is 0 Å². The largest absolute Gasteiger partial charge is 0.496 e. The number of rotatable bonds is 2. The predicted octanol–water partition coefficient (Wildman–Crippen LogP) is 2.18. The summed E-state index contributed by atoms with van der Waals surface area (Å²) in [6.07, 6.45) is 0.254. The monoisotopic (exact) mass is 229 g/mol. The molecule has 1 aromatic heterocycles. The molecule has 0 fully saturated rings. The molecule has 0 aliphatic carbocycles. The summed E-state index contributed by atoms with van der Waals surface area (Å²) in [5.74, 6) is 0.619. The molecule has 4 nitrogen and oxygen atoms in total. The molecule has 2 rings (SSSR count). The Balaban J connectivity index is 2.83. The molecule has 0 bridgehead atoms. The third-order valence-corrected chi connectivity index (χ3v) is 2.57. The Hall–Kier alpha value is -2.28. The molecule has 0 radical (unpaired) electrons. The van der Waals surface area contributed by atoms with Crippen LogP contribution in [0.4, 0.5) is 0 Å². The molecule has 1 aromatic carbocycles. The number of hydrogen-bond acceptors (Lipinski definition) is 4. The van der Waals surface area contributed by atoms with E-state index in [0.717, 1.165) is 16.5 Å². The highest BCUT2D eigenvalue weighted by atomic mass is 16.5. The van der Waals surface area contributed by atoms with E-state index >= 15 is 0 Å². The van der Waals surface area contributed by atoms with Crippen molar-refractivity contribution in [2.75, 3.05) is 7.11 Å². The molecule has 4 heteroatoms. The molecule has 86 valence electrons. The van der Waals surface area contributed by atoms with Gasteiger partial charge in [0.05, 0.1) is 25.0 Å². The van der Waals surface area contributed by atoms with Gasteiger partial charge in [0.25, 0.3) is 0 Å². The van der Waals surface area contributed by atoms with Crippen molar-refractivity contribution in [1.82, 2.24) is 0 Å². The lowest BCUT2D eigenvalue weighted by atomic mass is 10.1. The van der Waals surface area contributed by atoms with Gasteiger partial charge >= 0.3 is 5.63 Å². The summed E-state index contributed by atoms with van der Waals surface area (Å²) in [5.41, 5.74) is 1.63.